The van der Waals surface area contributed by atoms with E-state index in [1.165, 1.54) is 0 Å². The Morgan fingerprint density at radius 2 is 1.22 bits per heavy atom. The van der Waals surface area contributed by atoms with Crippen LogP contribution in [0.25, 0.3) is 0 Å². The zero-order valence-corrected chi connectivity index (χ0v) is 18.5. The molecule has 0 unspecified atom stereocenters. The molecule has 0 aliphatic carbocycles. The van der Waals surface area contributed by atoms with E-state index in [2.05, 4.69) is 10.6 Å². The van der Waals surface area contributed by atoms with Crippen molar-refractivity contribution in [3.63, 3.8) is 0 Å². The minimum absolute atomic E-state index is 0.393. The van der Waals surface area contributed by atoms with Gasteiger partial charge in [0.1, 0.15) is 11.5 Å². The average molecular weight is 437 g/mol. The quantitative estimate of drug-likeness (QED) is 0.389. The molecular formula is C25H28N2O5. The maximum Gasteiger partial charge on any atom is 0.323 e. The monoisotopic (exact) mass is 436 g/mol. The van der Waals surface area contributed by atoms with Crippen molar-refractivity contribution in [2.45, 2.75) is 20.8 Å². The van der Waals surface area contributed by atoms with Crippen molar-refractivity contribution in [1.82, 2.24) is 0 Å². The van der Waals surface area contributed by atoms with Crippen LogP contribution >= 0.6 is 0 Å². The van der Waals surface area contributed by atoms with E-state index in [1.54, 1.807) is 36.4 Å². The highest BCUT2D eigenvalue weighted by molar-refractivity contribution is 6.00. The number of para-hydroxylation sites is 1. The third-order valence-corrected chi connectivity index (χ3v) is 4.26. The lowest BCUT2D eigenvalue weighted by atomic mass is 10.2. The Labute approximate surface area is 188 Å². The summed E-state index contributed by atoms with van der Waals surface area (Å²) in [5.41, 5.74) is 1.16. The van der Waals surface area contributed by atoms with Crippen LogP contribution in [0.3, 0.4) is 0 Å². The Kier molecular flexibility index (Phi) is 8.20. The van der Waals surface area contributed by atoms with Crippen LogP contribution < -0.4 is 29.6 Å². The molecule has 2 N–H and O–H groups in total. The van der Waals surface area contributed by atoms with Gasteiger partial charge in [-0.15, -0.1) is 0 Å². The van der Waals surface area contributed by atoms with Crippen LogP contribution in [0, 0.1) is 0 Å². The van der Waals surface area contributed by atoms with Gasteiger partial charge in [-0.1, -0.05) is 18.2 Å². The molecule has 0 radical (unpaired) electrons. The molecule has 0 saturated carbocycles. The van der Waals surface area contributed by atoms with E-state index in [9.17, 15) is 4.79 Å². The molecule has 0 aliphatic rings. The van der Waals surface area contributed by atoms with E-state index < -0.39 is 6.03 Å². The van der Waals surface area contributed by atoms with Crippen LogP contribution in [0.2, 0.25) is 0 Å². The molecule has 2 amide bonds. The summed E-state index contributed by atoms with van der Waals surface area (Å²) in [5, 5.41) is 5.62. The van der Waals surface area contributed by atoms with Crippen molar-refractivity contribution in [2.24, 2.45) is 0 Å². The van der Waals surface area contributed by atoms with Crippen LogP contribution in [-0.4, -0.2) is 25.9 Å². The fourth-order valence-corrected chi connectivity index (χ4v) is 2.99. The smallest absolute Gasteiger partial charge is 0.323 e. The average Bonchev–Trinajstić information content (AvgIpc) is 2.78. The molecule has 0 aliphatic heterocycles. The Balaban J connectivity index is 1.68. The molecule has 0 heterocycles. The third kappa shape index (κ3) is 6.31. The number of amides is 2. The van der Waals surface area contributed by atoms with E-state index >= 15 is 0 Å². The fourth-order valence-electron chi connectivity index (χ4n) is 2.99. The lowest BCUT2D eigenvalue weighted by molar-refractivity contribution is 0.260. The molecule has 3 aromatic carbocycles. The molecule has 7 heteroatoms. The fraction of sp³-hybridized carbons (Fsp3) is 0.240. The number of nitrogens with one attached hydrogen (secondary N) is 2. The summed E-state index contributed by atoms with van der Waals surface area (Å²) >= 11 is 0. The second-order valence-electron chi connectivity index (χ2n) is 6.62. The number of ether oxygens (including phenoxy) is 4. The van der Waals surface area contributed by atoms with E-state index in [4.69, 9.17) is 18.9 Å². The number of hydrogen-bond donors (Lipinski definition) is 2. The van der Waals surface area contributed by atoms with Gasteiger partial charge in [0, 0.05) is 17.8 Å². The Morgan fingerprint density at radius 1 is 0.688 bits per heavy atom. The van der Waals surface area contributed by atoms with Gasteiger partial charge in [-0.05, 0) is 57.2 Å². The molecule has 0 aromatic heterocycles. The SMILES string of the molecule is CCOc1cc(NC(=O)Nc2ccc(Oc3ccccc3)cc2)cc(OCC)c1OCC. The number of urea groups is 1. The topological polar surface area (TPSA) is 78.1 Å². The van der Waals surface area contributed by atoms with Crippen LogP contribution in [0.4, 0.5) is 16.2 Å². The summed E-state index contributed by atoms with van der Waals surface area (Å²) in [5.74, 6) is 2.97. The second-order valence-corrected chi connectivity index (χ2v) is 6.62. The highest BCUT2D eigenvalue weighted by atomic mass is 16.5. The Bertz CT molecular complexity index is 980. The van der Waals surface area contributed by atoms with Crippen molar-refractivity contribution in [3.8, 4) is 28.7 Å². The lowest BCUT2D eigenvalue weighted by Gasteiger charge is -2.17. The number of hydrogen-bond acceptors (Lipinski definition) is 5. The summed E-state index contributed by atoms with van der Waals surface area (Å²) in [7, 11) is 0. The van der Waals surface area contributed by atoms with E-state index in [-0.39, 0.29) is 0 Å². The predicted octanol–water partition coefficient (Wildman–Crippen LogP) is 6.32. The first-order valence-corrected chi connectivity index (χ1v) is 10.6. The van der Waals surface area contributed by atoms with Crippen molar-refractivity contribution in [3.05, 3.63) is 66.7 Å². The van der Waals surface area contributed by atoms with E-state index in [0.717, 1.165) is 5.75 Å². The standard InChI is InChI=1S/C25H28N2O5/c1-4-29-22-16-19(17-23(30-5-2)24(22)31-6-3)27-25(28)26-18-12-14-21(15-13-18)32-20-10-8-7-9-11-20/h7-17H,4-6H2,1-3H3,(H2,26,27,28). The van der Waals surface area contributed by atoms with Gasteiger partial charge in [-0.2, -0.15) is 0 Å². The number of benzene rings is 3. The molecule has 3 aromatic rings. The summed E-state index contributed by atoms with van der Waals surface area (Å²) in [6, 6.07) is 19.7. The molecule has 0 saturated heterocycles. The summed E-state index contributed by atoms with van der Waals surface area (Å²) < 4.78 is 22.8. The summed E-state index contributed by atoms with van der Waals surface area (Å²) in [6.07, 6.45) is 0. The zero-order chi connectivity index (χ0) is 22.8. The maximum atomic E-state index is 12.5. The molecule has 3 rings (SSSR count). The van der Waals surface area contributed by atoms with Crippen molar-refractivity contribution in [2.75, 3.05) is 30.5 Å². The third-order valence-electron chi connectivity index (χ3n) is 4.26. The van der Waals surface area contributed by atoms with Gasteiger partial charge >= 0.3 is 6.03 Å². The molecule has 7 nitrogen and oxygen atoms in total. The maximum absolute atomic E-state index is 12.5. The van der Waals surface area contributed by atoms with Crippen molar-refractivity contribution in [1.29, 1.82) is 0 Å². The summed E-state index contributed by atoms with van der Waals surface area (Å²) in [6.45, 7) is 7.04. The Hall–Kier alpha value is -3.87. The molecule has 0 bridgehead atoms. The van der Waals surface area contributed by atoms with Gasteiger partial charge in [0.25, 0.3) is 0 Å². The van der Waals surface area contributed by atoms with Crippen LogP contribution in [0.5, 0.6) is 28.7 Å². The minimum atomic E-state index is -0.393. The lowest BCUT2D eigenvalue weighted by Crippen LogP contribution is -2.19. The van der Waals surface area contributed by atoms with Crippen LogP contribution in [0.1, 0.15) is 20.8 Å². The first-order chi connectivity index (χ1) is 15.6. The van der Waals surface area contributed by atoms with Gasteiger partial charge in [-0.25, -0.2) is 4.79 Å². The van der Waals surface area contributed by atoms with E-state index in [0.29, 0.717) is 54.2 Å². The van der Waals surface area contributed by atoms with Crippen LogP contribution in [-0.2, 0) is 0 Å². The van der Waals surface area contributed by atoms with Gasteiger partial charge in [-0.3, -0.25) is 0 Å². The van der Waals surface area contributed by atoms with Gasteiger partial charge in [0.15, 0.2) is 11.5 Å². The molecule has 168 valence electrons. The van der Waals surface area contributed by atoms with E-state index in [1.807, 2.05) is 51.1 Å². The molecule has 0 spiro atoms. The molecule has 0 fully saturated rings. The first-order valence-electron chi connectivity index (χ1n) is 10.6. The Morgan fingerprint density at radius 3 is 1.78 bits per heavy atom. The van der Waals surface area contributed by atoms with Gasteiger partial charge < -0.3 is 29.6 Å². The molecule has 0 atom stereocenters. The zero-order valence-electron chi connectivity index (χ0n) is 18.5. The second kappa shape index (κ2) is 11.5. The normalized spacial score (nSPS) is 10.2. The van der Waals surface area contributed by atoms with Crippen molar-refractivity contribution >= 4 is 17.4 Å². The van der Waals surface area contributed by atoms with Crippen molar-refractivity contribution < 1.29 is 23.7 Å². The van der Waals surface area contributed by atoms with Gasteiger partial charge in [0.05, 0.1) is 25.5 Å². The minimum Gasteiger partial charge on any atom is -0.490 e. The molecule has 32 heavy (non-hydrogen) atoms. The molecular weight excluding hydrogens is 408 g/mol. The number of carbonyl (C=O) groups excluding carboxylic acids is 1. The van der Waals surface area contributed by atoms with Crippen LogP contribution in [0.15, 0.2) is 66.7 Å². The number of anilines is 2. The highest BCUT2D eigenvalue weighted by Crippen LogP contribution is 2.40. The van der Waals surface area contributed by atoms with Gasteiger partial charge in [0.2, 0.25) is 5.75 Å². The highest BCUT2D eigenvalue weighted by Gasteiger charge is 2.16. The number of carbonyl (C=O) groups is 1. The largest absolute Gasteiger partial charge is 0.490 e. The summed E-state index contributed by atoms with van der Waals surface area (Å²) in [4.78, 5) is 12.5. The predicted molar refractivity (Wildman–Crippen MR) is 126 cm³/mol. The number of rotatable bonds is 10. The first kappa shape index (κ1) is 22.8.